The van der Waals surface area contributed by atoms with Gasteiger partial charge in [-0.2, -0.15) is 0 Å². The van der Waals surface area contributed by atoms with Crippen LogP contribution in [0.2, 0.25) is 0 Å². The van der Waals surface area contributed by atoms with Crippen molar-refractivity contribution in [3.05, 3.63) is 42.5 Å². The molecule has 1 aromatic heterocycles. The van der Waals surface area contributed by atoms with Crippen LogP contribution in [0.4, 0.5) is 5.69 Å². The number of hydrogen-bond donors (Lipinski definition) is 2. The number of hydrogen-bond acceptors (Lipinski definition) is 1. The van der Waals surface area contributed by atoms with Gasteiger partial charge in [0.15, 0.2) is 0 Å². The number of nitrogen functional groups attached to an aromatic ring is 1. The zero-order chi connectivity index (χ0) is 9.54. The third-order valence-corrected chi connectivity index (χ3v) is 2.56. The van der Waals surface area contributed by atoms with Gasteiger partial charge in [-0.25, -0.2) is 0 Å². The molecule has 3 aromatic rings. The SMILES string of the molecule is Nc1cccc2[nH]c3ccccc3c12. The van der Waals surface area contributed by atoms with Crippen molar-refractivity contribution in [2.24, 2.45) is 0 Å². The van der Waals surface area contributed by atoms with Crippen molar-refractivity contribution in [3.8, 4) is 0 Å². The molecule has 14 heavy (non-hydrogen) atoms. The Morgan fingerprint density at radius 3 is 2.57 bits per heavy atom. The Balaban J connectivity index is 2.65. The lowest BCUT2D eigenvalue weighted by Crippen LogP contribution is -1.83. The van der Waals surface area contributed by atoms with Crippen molar-refractivity contribution >= 4 is 27.5 Å². The number of fused-ring (bicyclic) bond motifs is 3. The van der Waals surface area contributed by atoms with Gasteiger partial charge in [0.2, 0.25) is 0 Å². The van der Waals surface area contributed by atoms with Crippen LogP contribution in [0.5, 0.6) is 0 Å². The monoisotopic (exact) mass is 182 g/mol. The number of rotatable bonds is 0. The second-order valence-electron chi connectivity index (χ2n) is 3.44. The predicted octanol–water partition coefficient (Wildman–Crippen LogP) is 2.90. The van der Waals surface area contributed by atoms with Gasteiger partial charge in [-0.1, -0.05) is 24.3 Å². The van der Waals surface area contributed by atoms with Gasteiger partial charge in [0.05, 0.1) is 0 Å². The van der Waals surface area contributed by atoms with Crippen LogP contribution in [0.25, 0.3) is 21.8 Å². The third-order valence-electron chi connectivity index (χ3n) is 2.56. The zero-order valence-electron chi connectivity index (χ0n) is 7.62. The molecule has 2 nitrogen and oxygen atoms in total. The highest BCUT2D eigenvalue weighted by Gasteiger charge is 2.04. The van der Waals surface area contributed by atoms with E-state index in [0.29, 0.717) is 0 Å². The molecule has 0 fully saturated rings. The van der Waals surface area contributed by atoms with E-state index in [0.717, 1.165) is 22.1 Å². The maximum Gasteiger partial charge on any atom is 0.0485 e. The van der Waals surface area contributed by atoms with Crippen LogP contribution < -0.4 is 5.73 Å². The summed E-state index contributed by atoms with van der Waals surface area (Å²) in [5.74, 6) is 0. The number of para-hydroxylation sites is 1. The van der Waals surface area contributed by atoms with Gasteiger partial charge < -0.3 is 10.7 Å². The van der Waals surface area contributed by atoms with E-state index >= 15 is 0 Å². The van der Waals surface area contributed by atoms with Crippen LogP contribution >= 0.6 is 0 Å². The molecule has 0 aliphatic heterocycles. The largest absolute Gasteiger partial charge is 0.398 e. The summed E-state index contributed by atoms with van der Waals surface area (Å²) in [6.07, 6.45) is 0. The molecule has 2 heteroatoms. The van der Waals surface area contributed by atoms with Gasteiger partial charge in [0.1, 0.15) is 0 Å². The topological polar surface area (TPSA) is 41.8 Å². The summed E-state index contributed by atoms with van der Waals surface area (Å²) in [4.78, 5) is 3.34. The minimum atomic E-state index is 0.833. The molecule has 3 rings (SSSR count). The summed E-state index contributed by atoms with van der Waals surface area (Å²) in [7, 11) is 0. The smallest absolute Gasteiger partial charge is 0.0485 e. The molecule has 2 aromatic carbocycles. The summed E-state index contributed by atoms with van der Waals surface area (Å²) in [6, 6.07) is 14.1. The fraction of sp³-hybridized carbons (Fsp3) is 0. The number of nitrogens with one attached hydrogen (secondary N) is 1. The van der Waals surface area contributed by atoms with Gasteiger partial charge in [-0.3, -0.25) is 0 Å². The fourth-order valence-corrected chi connectivity index (χ4v) is 1.93. The Hall–Kier alpha value is -1.96. The molecule has 0 unspecified atom stereocenters. The Labute approximate surface area is 81.3 Å². The maximum atomic E-state index is 5.95. The normalized spacial score (nSPS) is 11.1. The quantitative estimate of drug-likeness (QED) is 0.516. The highest BCUT2D eigenvalue weighted by Crippen LogP contribution is 2.29. The second kappa shape index (κ2) is 2.51. The standard InChI is InChI=1S/C12H10N2/c13-9-5-3-7-11-12(9)8-4-1-2-6-10(8)14-11/h1-7,14H,13H2. The van der Waals surface area contributed by atoms with E-state index in [4.69, 9.17) is 5.73 Å². The lowest BCUT2D eigenvalue weighted by molar-refractivity contribution is 1.55. The molecule has 0 aliphatic rings. The third kappa shape index (κ3) is 0.852. The molecule has 0 bridgehead atoms. The summed E-state index contributed by atoms with van der Waals surface area (Å²) >= 11 is 0. The fourth-order valence-electron chi connectivity index (χ4n) is 1.93. The van der Waals surface area contributed by atoms with Gasteiger partial charge in [0, 0.05) is 27.5 Å². The molecule has 0 amide bonds. The van der Waals surface area contributed by atoms with Crippen molar-refractivity contribution in [1.82, 2.24) is 4.98 Å². The average molecular weight is 182 g/mol. The Bertz CT molecular complexity index is 608. The van der Waals surface area contributed by atoms with E-state index in [9.17, 15) is 0 Å². The first-order chi connectivity index (χ1) is 6.86. The van der Waals surface area contributed by atoms with Crippen LogP contribution in [-0.2, 0) is 0 Å². The summed E-state index contributed by atoms with van der Waals surface area (Å²) in [5, 5.41) is 2.32. The number of benzene rings is 2. The van der Waals surface area contributed by atoms with Crippen molar-refractivity contribution < 1.29 is 0 Å². The second-order valence-corrected chi connectivity index (χ2v) is 3.44. The van der Waals surface area contributed by atoms with Crippen LogP contribution in [0.3, 0.4) is 0 Å². The van der Waals surface area contributed by atoms with Gasteiger partial charge >= 0.3 is 0 Å². The van der Waals surface area contributed by atoms with Gasteiger partial charge in [0.25, 0.3) is 0 Å². The lowest BCUT2D eigenvalue weighted by atomic mass is 10.1. The predicted molar refractivity (Wildman–Crippen MR) is 60.2 cm³/mol. The van der Waals surface area contributed by atoms with E-state index in [-0.39, 0.29) is 0 Å². The number of H-pyrrole nitrogens is 1. The molecule has 0 atom stereocenters. The molecule has 68 valence electrons. The Kier molecular flexibility index (Phi) is 1.34. The van der Waals surface area contributed by atoms with E-state index in [1.807, 2.05) is 30.3 Å². The number of nitrogens with two attached hydrogens (primary N) is 1. The molecule has 0 saturated carbocycles. The first kappa shape index (κ1) is 7.44. The molecule has 0 spiro atoms. The van der Waals surface area contributed by atoms with E-state index < -0.39 is 0 Å². The first-order valence-electron chi connectivity index (χ1n) is 4.61. The molecule has 1 heterocycles. The zero-order valence-corrected chi connectivity index (χ0v) is 7.62. The van der Waals surface area contributed by atoms with Crippen molar-refractivity contribution in [2.75, 3.05) is 5.73 Å². The van der Waals surface area contributed by atoms with Crippen molar-refractivity contribution in [2.45, 2.75) is 0 Å². The van der Waals surface area contributed by atoms with Crippen LogP contribution in [0, 0.1) is 0 Å². The van der Waals surface area contributed by atoms with Gasteiger partial charge in [-0.15, -0.1) is 0 Å². The minimum Gasteiger partial charge on any atom is -0.398 e. The molecule has 3 N–H and O–H groups in total. The molecule has 0 radical (unpaired) electrons. The van der Waals surface area contributed by atoms with Crippen LogP contribution in [-0.4, -0.2) is 4.98 Å². The maximum absolute atomic E-state index is 5.95. The van der Waals surface area contributed by atoms with Crippen molar-refractivity contribution in [3.63, 3.8) is 0 Å². The number of anilines is 1. The van der Waals surface area contributed by atoms with E-state index in [1.165, 1.54) is 5.39 Å². The van der Waals surface area contributed by atoms with Crippen LogP contribution in [0.15, 0.2) is 42.5 Å². The first-order valence-corrected chi connectivity index (χ1v) is 4.61. The van der Waals surface area contributed by atoms with Crippen LogP contribution in [0.1, 0.15) is 0 Å². The highest BCUT2D eigenvalue weighted by atomic mass is 14.7. The highest BCUT2D eigenvalue weighted by molar-refractivity contribution is 6.12. The Morgan fingerprint density at radius 2 is 1.64 bits per heavy atom. The lowest BCUT2D eigenvalue weighted by Gasteiger charge is -1.95. The Morgan fingerprint density at radius 1 is 0.857 bits per heavy atom. The minimum absolute atomic E-state index is 0.833. The number of aromatic amines is 1. The summed E-state index contributed by atoms with van der Waals surface area (Å²) < 4.78 is 0. The average Bonchev–Trinajstić information content (AvgIpc) is 2.57. The summed E-state index contributed by atoms with van der Waals surface area (Å²) in [5.41, 5.74) is 9.02. The molecular weight excluding hydrogens is 172 g/mol. The van der Waals surface area contributed by atoms with Gasteiger partial charge in [-0.05, 0) is 18.2 Å². The summed E-state index contributed by atoms with van der Waals surface area (Å²) in [6.45, 7) is 0. The molecule has 0 saturated heterocycles. The molecular formula is C12H10N2. The van der Waals surface area contributed by atoms with E-state index in [2.05, 4.69) is 17.1 Å². The van der Waals surface area contributed by atoms with E-state index in [1.54, 1.807) is 0 Å². The number of aromatic nitrogens is 1. The van der Waals surface area contributed by atoms with Crippen molar-refractivity contribution in [1.29, 1.82) is 0 Å². The molecule has 0 aliphatic carbocycles.